The van der Waals surface area contributed by atoms with Gasteiger partial charge in [-0.05, 0) is 17.6 Å². The normalized spacial score (nSPS) is 10.9. The van der Waals surface area contributed by atoms with E-state index >= 15 is 0 Å². The summed E-state index contributed by atoms with van der Waals surface area (Å²) in [4.78, 5) is 0. The maximum atomic E-state index is 4.23. The summed E-state index contributed by atoms with van der Waals surface area (Å²) in [6.45, 7) is 5.36. The predicted molar refractivity (Wildman–Crippen MR) is 50.9 cm³/mol. The Kier molecular flexibility index (Phi) is 3.07. The molecule has 0 bridgehead atoms. The number of aryl methyl sites for hydroxylation is 1. The molecule has 1 atom stereocenters. The Labute approximate surface area is 70.2 Å². The maximum Gasteiger partial charge on any atom is 0.0524 e. The number of aromatic nitrogens is 2. The molecule has 0 amide bonds. The Morgan fingerprint density at radius 2 is 2.36 bits per heavy atom. The van der Waals surface area contributed by atoms with Crippen LogP contribution in [-0.4, -0.2) is 15.9 Å². The Morgan fingerprint density at radius 3 is 2.82 bits per heavy atom. The van der Waals surface area contributed by atoms with Crippen molar-refractivity contribution in [2.45, 2.75) is 26.3 Å². The highest BCUT2D eigenvalue weighted by Crippen LogP contribution is 2.11. The molecule has 0 saturated heterocycles. The van der Waals surface area contributed by atoms with Crippen molar-refractivity contribution in [1.82, 2.24) is 9.78 Å². The van der Waals surface area contributed by atoms with Gasteiger partial charge in [-0.1, -0.05) is 13.8 Å². The summed E-state index contributed by atoms with van der Waals surface area (Å²) in [5.41, 5.74) is 1.32. The van der Waals surface area contributed by atoms with Crippen molar-refractivity contribution < 1.29 is 0 Å². The van der Waals surface area contributed by atoms with E-state index in [0.717, 1.165) is 12.7 Å². The topological polar surface area (TPSA) is 17.8 Å². The molecule has 0 aliphatic carbocycles. The lowest BCUT2D eigenvalue weighted by Crippen LogP contribution is -1.98. The van der Waals surface area contributed by atoms with Crippen molar-refractivity contribution in [2.24, 2.45) is 0 Å². The first-order valence-electron chi connectivity index (χ1n) is 3.96. The van der Waals surface area contributed by atoms with E-state index in [2.05, 4.69) is 34.4 Å². The molecule has 1 heterocycles. The van der Waals surface area contributed by atoms with Gasteiger partial charge in [0.25, 0.3) is 0 Å². The largest absolute Gasteiger partial charge is 0.272 e. The minimum absolute atomic E-state index is 0.591. The molecule has 1 aromatic rings. The van der Waals surface area contributed by atoms with E-state index in [9.17, 15) is 0 Å². The summed E-state index contributed by atoms with van der Waals surface area (Å²) in [6.07, 6.45) is 5.14. The van der Waals surface area contributed by atoms with E-state index in [1.54, 1.807) is 0 Å². The molecule has 2 nitrogen and oxygen atoms in total. The van der Waals surface area contributed by atoms with Gasteiger partial charge in [0.15, 0.2) is 0 Å². The van der Waals surface area contributed by atoms with Crippen molar-refractivity contribution in [1.29, 1.82) is 0 Å². The first kappa shape index (κ1) is 8.73. The van der Waals surface area contributed by atoms with Crippen molar-refractivity contribution in [3.05, 3.63) is 18.0 Å². The van der Waals surface area contributed by atoms with Gasteiger partial charge >= 0.3 is 0 Å². The smallest absolute Gasteiger partial charge is 0.0524 e. The molecule has 0 spiro atoms. The van der Waals surface area contributed by atoms with Gasteiger partial charge in [0.1, 0.15) is 0 Å². The first-order chi connectivity index (χ1) is 5.24. The van der Waals surface area contributed by atoms with Gasteiger partial charge in [-0.15, -0.1) is 9.24 Å². The Hall–Kier alpha value is -0.360. The highest BCUT2D eigenvalue weighted by atomic mass is 31.0. The molecule has 0 radical (unpaired) electrons. The van der Waals surface area contributed by atoms with Crippen LogP contribution in [0.15, 0.2) is 12.4 Å². The summed E-state index contributed by atoms with van der Waals surface area (Å²) < 4.78 is 1.99. The predicted octanol–water partition coefficient (Wildman–Crippen LogP) is 1.88. The van der Waals surface area contributed by atoms with Crippen LogP contribution in [0.1, 0.15) is 25.3 Å². The van der Waals surface area contributed by atoms with Crippen molar-refractivity contribution >= 4 is 9.24 Å². The Balaban J connectivity index is 2.66. The van der Waals surface area contributed by atoms with E-state index in [4.69, 9.17) is 0 Å². The summed E-state index contributed by atoms with van der Waals surface area (Å²) in [5.74, 6) is 0.591. The van der Waals surface area contributed by atoms with Gasteiger partial charge in [0, 0.05) is 12.7 Å². The van der Waals surface area contributed by atoms with Gasteiger partial charge in [0.05, 0.1) is 6.20 Å². The Bertz CT molecular complexity index is 218. The summed E-state index contributed by atoms with van der Waals surface area (Å²) >= 11 is 0. The van der Waals surface area contributed by atoms with E-state index in [0.29, 0.717) is 5.92 Å². The molecule has 1 rings (SSSR count). The highest BCUT2D eigenvalue weighted by molar-refractivity contribution is 7.16. The van der Waals surface area contributed by atoms with Crippen molar-refractivity contribution in [3.8, 4) is 0 Å². The molecule has 1 aromatic heterocycles. The highest BCUT2D eigenvalue weighted by Gasteiger charge is 2.00. The maximum absolute atomic E-state index is 4.23. The van der Waals surface area contributed by atoms with Gasteiger partial charge in [-0.2, -0.15) is 5.10 Å². The molecule has 62 valence electrons. The minimum atomic E-state index is 0.591. The molecule has 0 aliphatic rings. The summed E-state index contributed by atoms with van der Waals surface area (Å²) in [5, 5.41) is 4.23. The van der Waals surface area contributed by atoms with E-state index in [1.165, 1.54) is 5.56 Å². The third-order valence-electron chi connectivity index (χ3n) is 1.68. The molecule has 0 N–H and O–H groups in total. The van der Waals surface area contributed by atoms with E-state index in [-0.39, 0.29) is 0 Å². The van der Waals surface area contributed by atoms with Crippen LogP contribution in [-0.2, 0) is 6.54 Å². The van der Waals surface area contributed by atoms with Crippen LogP contribution in [0.3, 0.4) is 0 Å². The van der Waals surface area contributed by atoms with Crippen LogP contribution in [0.25, 0.3) is 0 Å². The SMILES string of the molecule is CC(C)c1cnn(CCP)c1. The second kappa shape index (κ2) is 3.87. The third-order valence-corrected chi connectivity index (χ3v) is 1.94. The fraction of sp³-hybridized carbons (Fsp3) is 0.625. The van der Waals surface area contributed by atoms with Gasteiger partial charge in [-0.25, -0.2) is 0 Å². The quantitative estimate of drug-likeness (QED) is 0.633. The minimum Gasteiger partial charge on any atom is -0.272 e. The molecular weight excluding hydrogens is 155 g/mol. The second-order valence-corrected chi connectivity index (χ2v) is 3.56. The second-order valence-electron chi connectivity index (χ2n) is 2.98. The lowest BCUT2D eigenvalue weighted by Gasteiger charge is -1.98. The fourth-order valence-corrected chi connectivity index (χ4v) is 1.20. The van der Waals surface area contributed by atoms with Crippen LogP contribution in [0.5, 0.6) is 0 Å². The van der Waals surface area contributed by atoms with E-state index < -0.39 is 0 Å². The van der Waals surface area contributed by atoms with Gasteiger partial charge in [0.2, 0.25) is 0 Å². The van der Waals surface area contributed by atoms with Crippen LogP contribution in [0.4, 0.5) is 0 Å². The molecule has 1 unspecified atom stereocenters. The molecule has 0 saturated carbocycles. The zero-order valence-electron chi connectivity index (χ0n) is 7.12. The lowest BCUT2D eigenvalue weighted by atomic mass is 10.1. The summed E-state index contributed by atoms with van der Waals surface area (Å²) in [7, 11) is 2.70. The number of rotatable bonds is 3. The van der Waals surface area contributed by atoms with Crippen LogP contribution in [0.2, 0.25) is 0 Å². The van der Waals surface area contributed by atoms with Crippen LogP contribution >= 0.6 is 9.24 Å². The molecule has 3 heteroatoms. The van der Waals surface area contributed by atoms with E-state index in [1.807, 2.05) is 10.9 Å². The molecular formula is C8H15N2P. The number of hydrogen-bond acceptors (Lipinski definition) is 1. The third kappa shape index (κ3) is 2.30. The van der Waals surface area contributed by atoms with Crippen molar-refractivity contribution in [3.63, 3.8) is 0 Å². The van der Waals surface area contributed by atoms with Crippen molar-refractivity contribution in [2.75, 3.05) is 6.16 Å². The average molecular weight is 170 g/mol. The van der Waals surface area contributed by atoms with Gasteiger partial charge in [-0.3, -0.25) is 4.68 Å². The zero-order chi connectivity index (χ0) is 8.27. The molecule has 0 fully saturated rings. The average Bonchev–Trinajstić information content (AvgIpc) is 2.37. The monoisotopic (exact) mass is 170 g/mol. The summed E-state index contributed by atoms with van der Waals surface area (Å²) in [6, 6.07) is 0. The zero-order valence-corrected chi connectivity index (χ0v) is 8.27. The fourth-order valence-electron chi connectivity index (χ4n) is 0.932. The lowest BCUT2D eigenvalue weighted by molar-refractivity contribution is 0.665. The van der Waals surface area contributed by atoms with Gasteiger partial charge < -0.3 is 0 Å². The first-order valence-corrected chi connectivity index (χ1v) is 4.78. The Morgan fingerprint density at radius 1 is 1.64 bits per heavy atom. The van der Waals surface area contributed by atoms with Crippen LogP contribution < -0.4 is 0 Å². The number of nitrogens with zero attached hydrogens (tertiary/aromatic N) is 2. The molecule has 11 heavy (non-hydrogen) atoms. The standard InChI is InChI=1S/C8H15N2P/c1-7(2)8-5-9-10(6-8)3-4-11/h5-7H,3-4,11H2,1-2H3. The van der Waals surface area contributed by atoms with Crippen LogP contribution in [0, 0.1) is 0 Å². The molecule has 0 aromatic carbocycles. The molecule has 0 aliphatic heterocycles. The number of hydrogen-bond donors (Lipinski definition) is 0.